The number of benzene rings is 1. The topological polar surface area (TPSA) is 38.7 Å². The number of hydrogen-bond donors (Lipinski definition) is 1. The molecule has 0 spiro atoms. The van der Waals surface area contributed by atoms with Crippen LogP contribution >= 0.6 is 0 Å². The Labute approximate surface area is 172 Å². The maximum absolute atomic E-state index is 10.3. The van der Waals surface area contributed by atoms with Gasteiger partial charge in [0.25, 0.3) is 0 Å². The maximum Gasteiger partial charge on any atom is 0.192 e. The second kappa shape index (κ2) is 9.90. The predicted octanol–water partition coefficient (Wildman–Crippen LogP) is 6.12. The summed E-state index contributed by atoms with van der Waals surface area (Å²) in [5.41, 5.74) is 1.34. The second-order valence-corrected chi connectivity index (χ2v) is 14.1. The van der Waals surface area contributed by atoms with Gasteiger partial charge in [-0.1, -0.05) is 56.7 Å². The highest BCUT2D eigenvalue weighted by Crippen LogP contribution is 2.39. The van der Waals surface area contributed by atoms with E-state index < -0.39 is 8.32 Å². The molecular formula is C24H38O3Si. The highest BCUT2D eigenvalue weighted by atomic mass is 28.4. The Morgan fingerprint density at radius 3 is 2.54 bits per heavy atom. The minimum absolute atomic E-state index is 0.0455. The fourth-order valence-corrected chi connectivity index (χ4v) is 4.79. The largest absolute Gasteiger partial charge is 0.491 e. The molecule has 0 fully saturated rings. The van der Waals surface area contributed by atoms with Crippen LogP contribution in [0.1, 0.15) is 46.5 Å². The molecule has 156 valence electrons. The molecule has 1 aliphatic carbocycles. The summed E-state index contributed by atoms with van der Waals surface area (Å²) in [6.07, 6.45) is 7.33. The summed E-state index contributed by atoms with van der Waals surface area (Å²) in [6.45, 7) is 15.8. The fraction of sp³-hybridized carbons (Fsp3) is 0.583. The number of hydrogen-bond acceptors (Lipinski definition) is 3. The molecule has 28 heavy (non-hydrogen) atoms. The Bertz CT molecular complexity index is 646. The highest BCUT2D eigenvalue weighted by molar-refractivity contribution is 6.74. The van der Waals surface area contributed by atoms with E-state index in [4.69, 9.17) is 9.16 Å². The predicted molar refractivity (Wildman–Crippen MR) is 120 cm³/mol. The summed E-state index contributed by atoms with van der Waals surface area (Å²) in [7, 11) is -1.89. The van der Waals surface area contributed by atoms with Crippen molar-refractivity contribution in [2.24, 2.45) is 5.92 Å². The Kier molecular flexibility index (Phi) is 8.11. The zero-order valence-corrected chi connectivity index (χ0v) is 19.3. The minimum atomic E-state index is -1.89. The van der Waals surface area contributed by atoms with E-state index in [2.05, 4.69) is 46.5 Å². The Hall–Kier alpha value is -1.36. The molecule has 0 saturated carbocycles. The number of aliphatic hydroxyl groups excluding tert-OH is 1. The molecule has 1 aromatic rings. The number of allylic oxidation sites excluding steroid dienone is 1. The van der Waals surface area contributed by atoms with E-state index >= 15 is 0 Å². The van der Waals surface area contributed by atoms with Crippen molar-refractivity contribution in [2.75, 3.05) is 6.61 Å². The molecule has 2 rings (SSSR count). The second-order valence-electron chi connectivity index (χ2n) is 9.38. The summed E-state index contributed by atoms with van der Waals surface area (Å²) in [4.78, 5) is 0. The van der Waals surface area contributed by atoms with Gasteiger partial charge in [-0.3, -0.25) is 0 Å². The van der Waals surface area contributed by atoms with Gasteiger partial charge in [-0.2, -0.15) is 0 Å². The summed E-state index contributed by atoms with van der Waals surface area (Å²) >= 11 is 0. The van der Waals surface area contributed by atoms with Crippen LogP contribution in [0.4, 0.5) is 0 Å². The minimum Gasteiger partial charge on any atom is -0.491 e. The van der Waals surface area contributed by atoms with Gasteiger partial charge in [0.1, 0.15) is 12.4 Å². The van der Waals surface area contributed by atoms with E-state index in [0.717, 1.165) is 31.4 Å². The van der Waals surface area contributed by atoms with E-state index in [1.807, 2.05) is 36.4 Å². The lowest BCUT2D eigenvalue weighted by atomic mass is 9.92. The van der Waals surface area contributed by atoms with Gasteiger partial charge < -0.3 is 14.3 Å². The molecule has 0 aromatic heterocycles. The van der Waals surface area contributed by atoms with Crippen molar-refractivity contribution in [1.82, 2.24) is 0 Å². The third-order valence-electron chi connectivity index (χ3n) is 6.18. The Morgan fingerprint density at radius 1 is 1.25 bits per heavy atom. The smallest absolute Gasteiger partial charge is 0.192 e. The van der Waals surface area contributed by atoms with Gasteiger partial charge in [-0.25, -0.2) is 0 Å². The van der Waals surface area contributed by atoms with Crippen molar-refractivity contribution in [3.05, 3.63) is 54.6 Å². The first-order chi connectivity index (χ1) is 13.1. The molecule has 0 bridgehead atoms. The van der Waals surface area contributed by atoms with Crippen molar-refractivity contribution in [3.63, 3.8) is 0 Å². The first-order valence-electron chi connectivity index (χ1n) is 10.5. The van der Waals surface area contributed by atoms with E-state index in [9.17, 15) is 5.11 Å². The fourth-order valence-electron chi connectivity index (χ4n) is 3.41. The number of rotatable bonds is 10. The van der Waals surface area contributed by atoms with Crippen LogP contribution in [0.2, 0.25) is 18.1 Å². The van der Waals surface area contributed by atoms with Crippen LogP contribution in [0.15, 0.2) is 54.6 Å². The average Bonchev–Trinajstić information content (AvgIpc) is 2.97. The molecule has 4 heteroatoms. The summed E-state index contributed by atoms with van der Waals surface area (Å²) in [6, 6.07) is 9.94. The number of aliphatic hydroxyl groups is 1. The van der Waals surface area contributed by atoms with Crippen molar-refractivity contribution < 1.29 is 14.3 Å². The molecule has 1 aromatic carbocycles. The zero-order valence-electron chi connectivity index (χ0n) is 18.3. The van der Waals surface area contributed by atoms with Crippen LogP contribution in [0, 0.1) is 5.92 Å². The third-order valence-corrected chi connectivity index (χ3v) is 10.7. The molecule has 0 heterocycles. The molecule has 3 atom stereocenters. The number of para-hydroxylation sites is 1. The van der Waals surface area contributed by atoms with Gasteiger partial charge in [-0.05, 0) is 55.9 Å². The van der Waals surface area contributed by atoms with E-state index in [1.165, 1.54) is 5.57 Å². The lowest BCUT2D eigenvalue weighted by Crippen LogP contribution is -2.45. The van der Waals surface area contributed by atoms with Gasteiger partial charge in [0, 0.05) is 5.92 Å². The standard InChI is InChI=1S/C24H38O3Si/c1-7-11-22-19(15-17-23(22)25)14-16-21(27-28(5,6)24(2,3)4)18-26-20-12-9-8-10-13-20/h7-10,12-13,15,21-23,25H,1,11,14,16-18H2,2-6H3/t21-,22+,23-/m0/s1. The molecule has 0 saturated heterocycles. The zero-order chi connectivity index (χ0) is 20.8. The number of ether oxygens (including phenoxy) is 1. The first-order valence-corrected chi connectivity index (χ1v) is 13.4. The maximum atomic E-state index is 10.3. The normalized spacial score (nSPS) is 21.3. The lowest BCUT2D eigenvalue weighted by molar-refractivity contribution is 0.105. The summed E-state index contributed by atoms with van der Waals surface area (Å²) in [5.74, 6) is 1.09. The average molecular weight is 403 g/mol. The third kappa shape index (κ3) is 6.33. The highest BCUT2D eigenvalue weighted by Gasteiger charge is 2.39. The van der Waals surface area contributed by atoms with Gasteiger partial charge in [0.2, 0.25) is 0 Å². The van der Waals surface area contributed by atoms with Crippen molar-refractivity contribution in [3.8, 4) is 5.75 Å². The van der Waals surface area contributed by atoms with Crippen molar-refractivity contribution in [1.29, 1.82) is 0 Å². The molecule has 1 aliphatic rings. The molecular weight excluding hydrogens is 364 g/mol. The molecule has 0 aliphatic heterocycles. The molecule has 3 nitrogen and oxygen atoms in total. The van der Waals surface area contributed by atoms with Crippen LogP contribution in [0.3, 0.4) is 0 Å². The molecule has 0 unspecified atom stereocenters. The molecule has 1 N–H and O–H groups in total. The quantitative estimate of drug-likeness (QED) is 0.378. The van der Waals surface area contributed by atoms with E-state index in [1.54, 1.807) is 0 Å². The van der Waals surface area contributed by atoms with Crippen LogP contribution in [0.5, 0.6) is 5.75 Å². The van der Waals surface area contributed by atoms with Gasteiger partial charge in [-0.15, -0.1) is 6.58 Å². The summed E-state index contributed by atoms with van der Waals surface area (Å²) < 4.78 is 12.8. The lowest BCUT2D eigenvalue weighted by Gasteiger charge is -2.39. The molecule has 0 radical (unpaired) electrons. The van der Waals surface area contributed by atoms with Crippen LogP contribution < -0.4 is 4.74 Å². The van der Waals surface area contributed by atoms with Crippen LogP contribution in [0.25, 0.3) is 0 Å². The van der Waals surface area contributed by atoms with Crippen LogP contribution in [-0.2, 0) is 4.43 Å². The van der Waals surface area contributed by atoms with Crippen molar-refractivity contribution >= 4 is 8.32 Å². The van der Waals surface area contributed by atoms with Gasteiger partial charge in [0.15, 0.2) is 8.32 Å². The Balaban J connectivity index is 2.04. The first kappa shape index (κ1) is 22.9. The SMILES string of the molecule is C=CC[C@@H]1C(CC[C@@H](COc2ccccc2)O[Si](C)(C)C(C)(C)C)=CC[C@@H]1O. The summed E-state index contributed by atoms with van der Waals surface area (Å²) in [5, 5.41) is 10.4. The van der Waals surface area contributed by atoms with Gasteiger partial charge >= 0.3 is 0 Å². The molecule has 0 amide bonds. The van der Waals surface area contributed by atoms with Crippen LogP contribution in [-0.4, -0.2) is 32.2 Å². The monoisotopic (exact) mass is 402 g/mol. The van der Waals surface area contributed by atoms with Crippen molar-refractivity contribution in [2.45, 2.75) is 76.8 Å². The van der Waals surface area contributed by atoms with E-state index in [0.29, 0.717) is 6.61 Å². The Morgan fingerprint density at radius 2 is 1.93 bits per heavy atom. The van der Waals surface area contributed by atoms with Gasteiger partial charge in [0.05, 0.1) is 12.2 Å². The van der Waals surface area contributed by atoms with E-state index in [-0.39, 0.29) is 23.2 Å².